The molecule has 70 valence electrons. The number of nitrogens with zero attached hydrogens (tertiary/aromatic N) is 1. The van der Waals surface area contributed by atoms with Crippen molar-refractivity contribution in [1.82, 2.24) is 0 Å². The minimum Gasteiger partial charge on any atom is -0.371 e. The van der Waals surface area contributed by atoms with E-state index >= 15 is 0 Å². The van der Waals surface area contributed by atoms with Gasteiger partial charge in [-0.15, -0.1) is 0 Å². The van der Waals surface area contributed by atoms with Gasteiger partial charge in [0.25, 0.3) is 0 Å². The molecule has 1 aromatic rings. The third kappa shape index (κ3) is 1.68. The molecule has 1 aromatic carbocycles. The van der Waals surface area contributed by atoms with E-state index in [0.717, 1.165) is 6.04 Å². The van der Waals surface area contributed by atoms with E-state index < -0.39 is 0 Å². The van der Waals surface area contributed by atoms with Gasteiger partial charge in [-0.1, -0.05) is 18.2 Å². The second-order valence-electron chi connectivity index (χ2n) is 3.67. The van der Waals surface area contributed by atoms with Gasteiger partial charge in [-0.2, -0.15) is 0 Å². The predicted octanol–water partition coefficient (Wildman–Crippen LogP) is 1.74. The molecular formula is C11H16N2. The highest BCUT2D eigenvalue weighted by Gasteiger charge is 2.27. The van der Waals surface area contributed by atoms with E-state index in [0.29, 0.717) is 6.54 Å². The average molecular weight is 176 g/mol. The lowest BCUT2D eigenvalue weighted by Gasteiger charge is -2.21. The zero-order valence-electron chi connectivity index (χ0n) is 8.03. The summed E-state index contributed by atoms with van der Waals surface area (Å²) >= 11 is 0. The predicted molar refractivity (Wildman–Crippen MR) is 55.8 cm³/mol. The number of hydrogen-bond donors (Lipinski definition) is 1. The minimum absolute atomic E-state index is 0.632. The van der Waals surface area contributed by atoms with Crippen LogP contribution in [-0.4, -0.2) is 13.1 Å². The summed E-state index contributed by atoms with van der Waals surface area (Å²) in [6.07, 6.45) is 2.66. The molecule has 2 heteroatoms. The molecule has 0 heterocycles. The Morgan fingerprint density at radius 2 is 2.08 bits per heavy atom. The molecule has 0 saturated heterocycles. The van der Waals surface area contributed by atoms with Crippen molar-refractivity contribution in [2.45, 2.75) is 25.4 Å². The Morgan fingerprint density at radius 1 is 1.38 bits per heavy atom. The number of rotatable bonds is 3. The first kappa shape index (κ1) is 8.57. The van der Waals surface area contributed by atoms with Crippen LogP contribution in [0.25, 0.3) is 0 Å². The summed E-state index contributed by atoms with van der Waals surface area (Å²) in [5.41, 5.74) is 8.23. The number of anilines is 1. The van der Waals surface area contributed by atoms with Gasteiger partial charge in [0.2, 0.25) is 0 Å². The number of benzene rings is 1. The Kier molecular flexibility index (Phi) is 2.23. The van der Waals surface area contributed by atoms with Crippen molar-refractivity contribution in [3.05, 3.63) is 29.8 Å². The van der Waals surface area contributed by atoms with E-state index in [1.807, 2.05) is 6.07 Å². The Labute approximate surface area is 79.4 Å². The first-order valence-corrected chi connectivity index (χ1v) is 4.83. The van der Waals surface area contributed by atoms with Crippen molar-refractivity contribution in [3.63, 3.8) is 0 Å². The standard InChI is InChI=1S/C11H16N2/c1-13(10-6-7-10)11-5-3-2-4-9(11)8-12/h2-5,10H,6-8,12H2,1H3. The second-order valence-corrected chi connectivity index (χ2v) is 3.67. The Balaban J connectivity index is 2.26. The van der Waals surface area contributed by atoms with Crippen molar-refractivity contribution in [3.8, 4) is 0 Å². The molecule has 1 fully saturated rings. The highest BCUT2D eigenvalue weighted by atomic mass is 15.2. The third-order valence-corrected chi connectivity index (χ3v) is 2.69. The molecule has 2 N–H and O–H groups in total. The fourth-order valence-corrected chi connectivity index (χ4v) is 1.69. The molecule has 0 amide bonds. The maximum atomic E-state index is 5.68. The van der Waals surface area contributed by atoms with Gasteiger partial charge in [-0.3, -0.25) is 0 Å². The van der Waals surface area contributed by atoms with Gasteiger partial charge in [0.1, 0.15) is 0 Å². The van der Waals surface area contributed by atoms with Crippen LogP contribution in [-0.2, 0) is 6.54 Å². The fraction of sp³-hybridized carbons (Fsp3) is 0.455. The zero-order chi connectivity index (χ0) is 9.26. The van der Waals surface area contributed by atoms with E-state index in [-0.39, 0.29) is 0 Å². The van der Waals surface area contributed by atoms with E-state index in [4.69, 9.17) is 5.73 Å². The summed E-state index contributed by atoms with van der Waals surface area (Å²) in [6.45, 7) is 0.632. The highest BCUT2D eigenvalue weighted by molar-refractivity contribution is 5.54. The average Bonchev–Trinajstić information content (AvgIpc) is 3.00. The second kappa shape index (κ2) is 3.38. The number of nitrogens with two attached hydrogens (primary N) is 1. The first-order valence-electron chi connectivity index (χ1n) is 4.83. The molecule has 0 spiro atoms. The Bertz CT molecular complexity index is 292. The van der Waals surface area contributed by atoms with Crippen LogP contribution < -0.4 is 10.6 Å². The number of hydrogen-bond acceptors (Lipinski definition) is 2. The van der Waals surface area contributed by atoms with Crippen molar-refractivity contribution < 1.29 is 0 Å². The van der Waals surface area contributed by atoms with E-state index in [1.165, 1.54) is 24.1 Å². The largest absolute Gasteiger partial charge is 0.371 e. The maximum absolute atomic E-state index is 5.68. The van der Waals surface area contributed by atoms with Crippen LogP contribution in [0, 0.1) is 0 Å². The van der Waals surface area contributed by atoms with Gasteiger partial charge >= 0.3 is 0 Å². The van der Waals surface area contributed by atoms with E-state index in [9.17, 15) is 0 Å². The molecule has 0 bridgehead atoms. The van der Waals surface area contributed by atoms with Gasteiger partial charge in [-0.25, -0.2) is 0 Å². The normalized spacial score (nSPS) is 15.8. The zero-order valence-corrected chi connectivity index (χ0v) is 8.03. The summed E-state index contributed by atoms with van der Waals surface area (Å²) in [6, 6.07) is 9.14. The summed E-state index contributed by atoms with van der Waals surface area (Å²) in [7, 11) is 2.16. The van der Waals surface area contributed by atoms with Crippen LogP contribution in [0.4, 0.5) is 5.69 Å². The summed E-state index contributed by atoms with van der Waals surface area (Å²) in [4.78, 5) is 2.35. The topological polar surface area (TPSA) is 29.3 Å². The van der Waals surface area contributed by atoms with Crippen LogP contribution in [0.3, 0.4) is 0 Å². The molecule has 0 atom stereocenters. The van der Waals surface area contributed by atoms with Gasteiger partial charge < -0.3 is 10.6 Å². The maximum Gasteiger partial charge on any atom is 0.0411 e. The summed E-state index contributed by atoms with van der Waals surface area (Å²) in [5, 5.41) is 0. The molecule has 0 aromatic heterocycles. The van der Waals surface area contributed by atoms with Gasteiger partial charge in [0.15, 0.2) is 0 Å². The van der Waals surface area contributed by atoms with E-state index in [2.05, 4.69) is 30.1 Å². The van der Waals surface area contributed by atoms with Crippen molar-refractivity contribution >= 4 is 5.69 Å². The molecule has 0 unspecified atom stereocenters. The minimum atomic E-state index is 0.632. The van der Waals surface area contributed by atoms with Gasteiger partial charge in [0, 0.05) is 25.3 Å². The fourth-order valence-electron chi connectivity index (χ4n) is 1.69. The van der Waals surface area contributed by atoms with Crippen molar-refractivity contribution in [1.29, 1.82) is 0 Å². The SMILES string of the molecule is CN(c1ccccc1CN)C1CC1. The van der Waals surface area contributed by atoms with Crippen LogP contribution >= 0.6 is 0 Å². The molecule has 1 aliphatic rings. The highest BCUT2D eigenvalue weighted by Crippen LogP contribution is 2.31. The molecule has 13 heavy (non-hydrogen) atoms. The van der Waals surface area contributed by atoms with Crippen LogP contribution in [0.2, 0.25) is 0 Å². The Morgan fingerprint density at radius 3 is 2.69 bits per heavy atom. The van der Waals surface area contributed by atoms with Crippen LogP contribution in [0.5, 0.6) is 0 Å². The van der Waals surface area contributed by atoms with Crippen molar-refractivity contribution in [2.75, 3.05) is 11.9 Å². The number of para-hydroxylation sites is 1. The molecule has 1 saturated carbocycles. The van der Waals surface area contributed by atoms with E-state index in [1.54, 1.807) is 0 Å². The molecule has 2 nitrogen and oxygen atoms in total. The lowest BCUT2D eigenvalue weighted by molar-refractivity contribution is 0.898. The molecular weight excluding hydrogens is 160 g/mol. The van der Waals surface area contributed by atoms with Gasteiger partial charge in [0.05, 0.1) is 0 Å². The molecule has 0 radical (unpaired) electrons. The van der Waals surface area contributed by atoms with Crippen LogP contribution in [0.15, 0.2) is 24.3 Å². The quantitative estimate of drug-likeness (QED) is 0.760. The van der Waals surface area contributed by atoms with Gasteiger partial charge in [-0.05, 0) is 24.5 Å². The smallest absolute Gasteiger partial charge is 0.0411 e. The summed E-state index contributed by atoms with van der Waals surface area (Å²) in [5.74, 6) is 0. The lowest BCUT2D eigenvalue weighted by atomic mass is 10.1. The molecule has 2 rings (SSSR count). The first-order chi connectivity index (χ1) is 6.33. The monoisotopic (exact) mass is 176 g/mol. The molecule has 1 aliphatic carbocycles. The lowest BCUT2D eigenvalue weighted by Crippen LogP contribution is -2.21. The molecule has 0 aliphatic heterocycles. The third-order valence-electron chi connectivity index (χ3n) is 2.69. The van der Waals surface area contributed by atoms with Crippen molar-refractivity contribution in [2.24, 2.45) is 5.73 Å². The van der Waals surface area contributed by atoms with Crippen LogP contribution in [0.1, 0.15) is 18.4 Å². The Hall–Kier alpha value is -1.02. The summed E-state index contributed by atoms with van der Waals surface area (Å²) < 4.78 is 0.